The zero-order valence-electron chi connectivity index (χ0n) is 16.6. The average molecular weight is 376 g/mol. The van der Waals surface area contributed by atoms with E-state index in [1.807, 2.05) is 18.2 Å². The molecule has 0 bridgehead atoms. The Bertz CT molecular complexity index is 605. The molecule has 0 spiro atoms. The molecule has 0 aliphatic carbocycles. The minimum Gasteiger partial charge on any atom is -0.496 e. The van der Waals surface area contributed by atoms with Gasteiger partial charge in [-0.1, -0.05) is 18.2 Å². The largest absolute Gasteiger partial charge is 0.496 e. The molecule has 0 radical (unpaired) electrons. The SMILES string of the molecule is COCC1(C(=O)NCC(c2ccccc2OC)N2CCCC2)CCNCC1. The fraction of sp³-hybridized carbons (Fsp3) is 0.667. The van der Waals surface area contributed by atoms with E-state index in [9.17, 15) is 4.79 Å². The Hall–Kier alpha value is -1.63. The Morgan fingerprint density at radius 3 is 2.59 bits per heavy atom. The number of benzene rings is 1. The second-order valence-electron chi connectivity index (χ2n) is 7.67. The van der Waals surface area contributed by atoms with Crippen molar-refractivity contribution in [2.75, 3.05) is 53.6 Å². The van der Waals surface area contributed by atoms with Crippen LogP contribution in [0.3, 0.4) is 0 Å². The summed E-state index contributed by atoms with van der Waals surface area (Å²) in [5.74, 6) is 1.00. The van der Waals surface area contributed by atoms with Gasteiger partial charge in [0.2, 0.25) is 5.91 Å². The number of nitrogens with one attached hydrogen (secondary N) is 2. The molecule has 0 saturated carbocycles. The molecule has 6 nitrogen and oxygen atoms in total. The summed E-state index contributed by atoms with van der Waals surface area (Å²) in [4.78, 5) is 15.6. The summed E-state index contributed by atoms with van der Waals surface area (Å²) in [7, 11) is 3.39. The molecule has 0 aromatic heterocycles. The molecule has 1 amide bonds. The van der Waals surface area contributed by atoms with Gasteiger partial charge in [0.25, 0.3) is 0 Å². The Balaban J connectivity index is 1.75. The van der Waals surface area contributed by atoms with Gasteiger partial charge in [-0.2, -0.15) is 0 Å². The minimum absolute atomic E-state index is 0.116. The summed E-state index contributed by atoms with van der Waals surface area (Å²) < 4.78 is 11.0. The number of amides is 1. The van der Waals surface area contributed by atoms with Crippen LogP contribution in [0.4, 0.5) is 0 Å². The number of carbonyl (C=O) groups excluding carboxylic acids is 1. The maximum atomic E-state index is 13.1. The lowest BCUT2D eigenvalue weighted by Gasteiger charge is -2.37. The van der Waals surface area contributed by atoms with Gasteiger partial charge in [0, 0.05) is 19.2 Å². The van der Waals surface area contributed by atoms with Crippen molar-refractivity contribution < 1.29 is 14.3 Å². The summed E-state index contributed by atoms with van der Waals surface area (Å²) >= 11 is 0. The first-order valence-corrected chi connectivity index (χ1v) is 10.0. The topological polar surface area (TPSA) is 62.8 Å². The molecule has 2 fully saturated rings. The number of para-hydroxylation sites is 1. The van der Waals surface area contributed by atoms with E-state index in [-0.39, 0.29) is 11.9 Å². The molecule has 27 heavy (non-hydrogen) atoms. The van der Waals surface area contributed by atoms with E-state index < -0.39 is 5.41 Å². The monoisotopic (exact) mass is 375 g/mol. The van der Waals surface area contributed by atoms with Crippen LogP contribution in [0.15, 0.2) is 24.3 Å². The molecule has 2 saturated heterocycles. The molecule has 150 valence electrons. The summed E-state index contributed by atoms with van der Waals surface area (Å²) in [6.45, 7) is 4.91. The molecule has 1 aromatic rings. The molecule has 2 aliphatic heterocycles. The number of hydrogen-bond acceptors (Lipinski definition) is 5. The lowest BCUT2D eigenvalue weighted by atomic mass is 9.78. The first-order chi connectivity index (χ1) is 13.2. The Morgan fingerprint density at radius 1 is 1.22 bits per heavy atom. The van der Waals surface area contributed by atoms with Crippen LogP contribution in [0.2, 0.25) is 0 Å². The van der Waals surface area contributed by atoms with Crippen LogP contribution in [0, 0.1) is 5.41 Å². The van der Waals surface area contributed by atoms with Crippen molar-refractivity contribution in [1.29, 1.82) is 0 Å². The molecule has 1 aromatic carbocycles. The molecule has 3 rings (SSSR count). The van der Waals surface area contributed by atoms with Crippen molar-refractivity contribution in [3.05, 3.63) is 29.8 Å². The maximum Gasteiger partial charge on any atom is 0.228 e. The van der Waals surface area contributed by atoms with Gasteiger partial charge in [0.1, 0.15) is 5.75 Å². The second kappa shape index (κ2) is 9.53. The van der Waals surface area contributed by atoms with E-state index in [4.69, 9.17) is 9.47 Å². The van der Waals surface area contributed by atoms with Crippen molar-refractivity contribution >= 4 is 5.91 Å². The van der Waals surface area contributed by atoms with Crippen LogP contribution in [-0.2, 0) is 9.53 Å². The zero-order chi connectivity index (χ0) is 19.1. The first-order valence-electron chi connectivity index (χ1n) is 10.0. The van der Waals surface area contributed by atoms with Crippen molar-refractivity contribution in [2.24, 2.45) is 5.41 Å². The number of ether oxygens (including phenoxy) is 2. The van der Waals surface area contributed by atoms with Crippen LogP contribution in [0.1, 0.15) is 37.3 Å². The zero-order valence-corrected chi connectivity index (χ0v) is 16.6. The van der Waals surface area contributed by atoms with Crippen molar-refractivity contribution in [1.82, 2.24) is 15.5 Å². The van der Waals surface area contributed by atoms with Crippen molar-refractivity contribution in [3.8, 4) is 5.75 Å². The highest BCUT2D eigenvalue weighted by Crippen LogP contribution is 2.33. The fourth-order valence-corrected chi connectivity index (χ4v) is 4.43. The molecule has 2 heterocycles. The smallest absolute Gasteiger partial charge is 0.228 e. The van der Waals surface area contributed by atoms with Crippen LogP contribution in [-0.4, -0.2) is 64.4 Å². The Morgan fingerprint density at radius 2 is 1.93 bits per heavy atom. The Labute approximate surface area is 162 Å². The number of carbonyl (C=O) groups is 1. The number of rotatable bonds is 8. The third-order valence-electron chi connectivity index (χ3n) is 6.00. The maximum absolute atomic E-state index is 13.1. The normalized spacial score (nSPS) is 21.0. The predicted molar refractivity (Wildman–Crippen MR) is 106 cm³/mol. The first kappa shape index (κ1) is 20.1. The summed E-state index contributed by atoms with van der Waals surface area (Å²) in [6.07, 6.45) is 4.04. The van der Waals surface area contributed by atoms with Gasteiger partial charge in [-0.05, 0) is 57.9 Å². The molecular formula is C21H33N3O3. The second-order valence-corrected chi connectivity index (χ2v) is 7.67. The average Bonchev–Trinajstić information content (AvgIpc) is 3.24. The minimum atomic E-state index is -0.420. The summed E-state index contributed by atoms with van der Waals surface area (Å²) in [6, 6.07) is 8.28. The molecule has 2 N–H and O–H groups in total. The summed E-state index contributed by atoms with van der Waals surface area (Å²) in [5.41, 5.74) is 0.726. The number of likely N-dealkylation sites (tertiary alicyclic amines) is 1. The van der Waals surface area contributed by atoms with Crippen LogP contribution >= 0.6 is 0 Å². The molecule has 6 heteroatoms. The molecule has 1 atom stereocenters. The molecule has 2 aliphatic rings. The number of piperidine rings is 1. The van der Waals surface area contributed by atoms with Gasteiger partial charge in [0.05, 0.1) is 25.2 Å². The van der Waals surface area contributed by atoms with Crippen LogP contribution in [0.25, 0.3) is 0 Å². The van der Waals surface area contributed by atoms with E-state index in [0.717, 1.165) is 50.3 Å². The van der Waals surface area contributed by atoms with Gasteiger partial charge < -0.3 is 20.1 Å². The standard InChI is InChI=1S/C21H33N3O3/c1-26-16-21(9-11-22-12-10-21)20(25)23-15-18(24-13-5-6-14-24)17-7-3-4-8-19(17)27-2/h3-4,7-8,18,22H,5-6,9-16H2,1-2H3,(H,23,25). The van der Waals surface area contributed by atoms with E-state index in [0.29, 0.717) is 13.2 Å². The highest BCUT2D eigenvalue weighted by Gasteiger charge is 2.40. The van der Waals surface area contributed by atoms with E-state index in [1.54, 1.807) is 14.2 Å². The summed E-state index contributed by atoms with van der Waals surface area (Å²) in [5, 5.41) is 6.60. The van der Waals surface area contributed by atoms with E-state index in [1.165, 1.54) is 12.8 Å². The quantitative estimate of drug-likeness (QED) is 0.727. The van der Waals surface area contributed by atoms with Gasteiger partial charge in [-0.15, -0.1) is 0 Å². The van der Waals surface area contributed by atoms with Gasteiger partial charge in [-0.3, -0.25) is 9.69 Å². The molecular weight excluding hydrogens is 342 g/mol. The van der Waals surface area contributed by atoms with Crippen LogP contribution in [0.5, 0.6) is 5.75 Å². The number of nitrogens with zero attached hydrogens (tertiary/aromatic N) is 1. The van der Waals surface area contributed by atoms with Gasteiger partial charge in [0.15, 0.2) is 0 Å². The Kier molecular flexibility index (Phi) is 7.10. The number of methoxy groups -OCH3 is 2. The van der Waals surface area contributed by atoms with Gasteiger partial charge in [-0.25, -0.2) is 0 Å². The van der Waals surface area contributed by atoms with Crippen molar-refractivity contribution in [3.63, 3.8) is 0 Å². The number of hydrogen-bond donors (Lipinski definition) is 2. The lowest BCUT2D eigenvalue weighted by Crippen LogP contribution is -2.51. The van der Waals surface area contributed by atoms with E-state index in [2.05, 4.69) is 21.6 Å². The van der Waals surface area contributed by atoms with E-state index >= 15 is 0 Å². The third-order valence-corrected chi connectivity index (χ3v) is 6.00. The third kappa shape index (κ3) is 4.62. The predicted octanol–water partition coefficient (Wildman–Crippen LogP) is 1.96. The van der Waals surface area contributed by atoms with Crippen molar-refractivity contribution in [2.45, 2.75) is 31.7 Å². The lowest BCUT2D eigenvalue weighted by molar-refractivity contribution is -0.136. The highest BCUT2D eigenvalue weighted by atomic mass is 16.5. The fourth-order valence-electron chi connectivity index (χ4n) is 4.43. The van der Waals surface area contributed by atoms with Crippen LogP contribution < -0.4 is 15.4 Å². The highest BCUT2D eigenvalue weighted by molar-refractivity contribution is 5.83. The molecule has 1 unspecified atom stereocenters. The van der Waals surface area contributed by atoms with Gasteiger partial charge >= 0.3 is 0 Å².